The zero-order valence-corrected chi connectivity index (χ0v) is 9.37. The molecule has 2 aliphatic heterocycles. The van der Waals surface area contributed by atoms with Crippen LogP contribution in [0.25, 0.3) is 0 Å². The van der Waals surface area contributed by atoms with Crippen molar-refractivity contribution in [3.05, 3.63) is 0 Å². The van der Waals surface area contributed by atoms with Gasteiger partial charge < -0.3 is 15.0 Å². The number of likely N-dealkylation sites (tertiary alicyclic amines) is 1. The number of rotatable bonds is 2. The highest BCUT2D eigenvalue weighted by Gasteiger charge is 2.30. The van der Waals surface area contributed by atoms with Crippen LogP contribution in [0.4, 0.5) is 0 Å². The third kappa shape index (κ3) is 2.49. The minimum absolute atomic E-state index is 0.0700. The fourth-order valence-electron chi connectivity index (χ4n) is 2.45. The molecule has 1 N–H and O–H groups in total. The van der Waals surface area contributed by atoms with E-state index in [4.69, 9.17) is 4.74 Å². The second kappa shape index (κ2) is 4.94. The van der Waals surface area contributed by atoms with Gasteiger partial charge in [-0.1, -0.05) is 0 Å². The molecular weight excluding hydrogens is 192 g/mol. The van der Waals surface area contributed by atoms with Gasteiger partial charge in [0, 0.05) is 20.2 Å². The molecule has 0 aliphatic carbocycles. The molecular formula is C11H20N2O2. The molecule has 2 saturated heterocycles. The third-order valence-electron chi connectivity index (χ3n) is 3.38. The Balaban J connectivity index is 1.88. The second-order valence-corrected chi connectivity index (χ2v) is 4.43. The lowest BCUT2D eigenvalue weighted by molar-refractivity contribution is -0.136. The van der Waals surface area contributed by atoms with Crippen LogP contribution < -0.4 is 5.32 Å². The number of carbonyl (C=O) groups excluding carboxylic acids is 1. The van der Waals surface area contributed by atoms with E-state index in [0.29, 0.717) is 0 Å². The minimum Gasteiger partial charge on any atom is -0.380 e. The number of methoxy groups -OCH3 is 1. The number of ether oxygens (including phenoxy) is 1. The largest absolute Gasteiger partial charge is 0.380 e. The normalized spacial score (nSPS) is 31.9. The van der Waals surface area contributed by atoms with Crippen molar-refractivity contribution >= 4 is 5.91 Å². The highest BCUT2D eigenvalue weighted by Crippen LogP contribution is 2.16. The van der Waals surface area contributed by atoms with Crippen molar-refractivity contribution in [2.75, 3.05) is 26.7 Å². The maximum atomic E-state index is 12.1. The van der Waals surface area contributed by atoms with E-state index in [1.165, 1.54) is 0 Å². The molecule has 4 nitrogen and oxygen atoms in total. The predicted octanol–water partition coefficient (Wildman–Crippen LogP) is 0.376. The summed E-state index contributed by atoms with van der Waals surface area (Å²) >= 11 is 0. The fraction of sp³-hybridized carbons (Fsp3) is 0.909. The Bertz CT molecular complexity index is 227. The van der Waals surface area contributed by atoms with Crippen molar-refractivity contribution in [3.63, 3.8) is 0 Å². The van der Waals surface area contributed by atoms with Gasteiger partial charge in [0.15, 0.2) is 0 Å². The van der Waals surface area contributed by atoms with Crippen molar-refractivity contribution in [1.82, 2.24) is 10.2 Å². The first-order chi connectivity index (χ1) is 7.31. The number of hydrogen-bond acceptors (Lipinski definition) is 3. The van der Waals surface area contributed by atoms with E-state index in [2.05, 4.69) is 5.32 Å². The lowest BCUT2D eigenvalue weighted by Crippen LogP contribution is -2.49. The van der Waals surface area contributed by atoms with Gasteiger partial charge >= 0.3 is 0 Å². The molecule has 15 heavy (non-hydrogen) atoms. The molecule has 0 aromatic carbocycles. The Morgan fingerprint density at radius 1 is 1.40 bits per heavy atom. The number of amides is 1. The molecule has 0 radical (unpaired) electrons. The lowest BCUT2D eigenvalue weighted by atomic mass is 10.1. The van der Waals surface area contributed by atoms with E-state index in [-0.39, 0.29) is 18.1 Å². The number of nitrogens with one attached hydrogen (secondary N) is 1. The third-order valence-corrected chi connectivity index (χ3v) is 3.38. The number of nitrogens with zero attached hydrogens (tertiary/aromatic N) is 1. The topological polar surface area (TPSA) is 41.6 Å². The van der Waals surface area contributed by atoms with Crippen LogP contribution in [0.2, 0.25) is 0 Å². The Labute approximate surface area is 91.0 Å². The van der Waals surface area contributed by atoms with Crippen molar-refractivity contribution in [2.24, 2.45) is 0 Å². The highest BCUT2D eigenvalue weighted by molar-refractivity contribution is 5.82. The van der Waals surface area contributed by atoms with E-state index in [1.807, 2.05) is 4.90 Å². The first kappa shape index (κ1) is 10.9. The molecule has 2 rings (SSSR count). The molecule has 0 aromatic heterocycles. The van der Waals surface area contributed by atoms with Crippen molar-refractivity contribution in [3.8, 4) is 0 Å². The average molecular weight is 212 g/mol. The molecule has 2 atom stereocenters. The van der Waals surface area contributed by atoms with Gasteiger partial charge in [0.05, 0.1) is 12.1 Å². The maximum absolute atomic E-state index is 12.1. The maximum Gasteiger partial charge on any atom is 0.239 e. The van der Waals surface area contributed by atoms with Gasteiger partial charge in [0.1, 0.15) is 0 Å². The Hall–Kier alpha value is -0.610. The minimum atomic E-state index is 0.0700. The fourth-order valence-corrected chi connectivity index (χ4v) is 2.45. The van der Waals surface area contributed by atoms with Crippen LogP contribution >= 0.6 is 0 Å². The van der Waals surface area contributed by atoms with Crippen LogP contribution in [-0.2, 0) is 9.53 Å². The summed E-state index contributed by atoms with van der Waals surface area (Å²) in [4.78, 5) is 14.0. The zero-order valence-electron chi connectivity index (χ0n) is 9.37. The van der Waals surface area contributed by atoms with E-state index in [0.717, 1.165) is 45.3 Å². The van der Waals surface area contributed by atoms with Crippen LogP contribution in [-0.4, -0.2) is 49.7 Å². The van der Waals surface area contributed by atoms with Crippen LogP contribution in [0.15, 0.2) is 0 Å². The molecule has 4 heteroatoms. The predicted molar refractivity (Wildman–Crippen MR) is 57.6 cm³/mol. The molecule has 0 bridgehead atoms. The van der Waals surface area contributed by atoms with Gasteiger partial charge in [-0.3, -0.25) is 4.79 Å². The van der Waals surface area contributed by atoms with Gasteiger partial charge in [-0.25, -0.2) is 0 Å². The Kier molecular flexibility index (Phi) is 3.59. The average Bonchev–Trinajstić information content (AvgIpc) is 2.81. The first-order valence-corrected chi connectivity index (χ1v) is 5.86. The summed E-state index contributed by atoms with van der Waals surface area (Å²) in [6.45, 7) is 2.66. The Morgan fingerprint density at radius 2 is 2.27 bits per heavy atom. The summed E-state index contributed by atoms with van der Waals surface area (Å²) in [5, 5.41) is 3.25. The van der Waals surface area contributed by atoms with E-state index in [9.17, 15) is 4.79 Å². The standard InChI is InChI=1S/C11H20N2O2/c1-15-9-4-3-7-13(8-9)11(14)10-5-2-6-12-10/h9-10,12H,2-8H2,1H3/t9-,10-/m0/s1. The van der Waals surface area contributed by atoms with Gasteiger partial charge in [-0.2, -0.15) is 0 Å². The molecule has 1 amide bonds. The van der Waals surface area contributed by atoms with Gasteiger partial charge in [-0.15, -0.1) is 0 Å². The van der Waals surface area contributed by atoms with E-state index in [1.54, 1.807) is 7.11 Å². The van der Waals surface area contributed by atoms with E-state index < -0.39 is 0 Å². The summed E-state index contributed by atoms with van der Waals surface area (Å²) in [6.07, 6.45) is 4.50. The van der Waals surface area contributed by atoms with Crippen LogP contribution in [0.1, 0.15) is 25.7 Å². The molecule has 0 unspecified atom stereocenters. The Morgan fingerprint density at radius 3 is 2.93 bits per heavy atom. The van der Waals surface area contributed by atoms with Crippen molar-refractivity contribution in [2.45, 2.75) is 37.8 Å². The van der Waals surface area contributed by atoms with E-state index >= 15 is 0 Å². The van der Waals surface area contributed by atoms with Crippen molar-refractivity contribution in [1.29, 1.82) is 0 Å². The summed E-state index contributed by atoms with van der Waals surface area (Å²) in [5.41, 5.74) is 0. The number of piperidine rings is 1. The molecule has 0 spiro atoms. The molecule has 2 aliphatic rings. The molecule has 2 heterocycles. The van der Waals surface area contributed by atoms with Gasteiger partial charge in [0.25, 0.3) is 0 Å². The first-order valence-electron chi connectivity index (χ1n) is 5.86. The molecule has 0 aromatic rings. The summed E-state index contributed by atoms with van der Waals surface area (Å²) < 4.78 is 5.32. The quantitative estimate of drug-likeness (QED) is 0.719. The molecule has 0 saturated carbocycles. The van der Waals surface area contributed by atoms with Crippen LogP contribution in [0.5, 0.6) is 0 Å². The monoisotopic (exact) mass is 212 g/mol. The summed E-state index contributed by atoms with van der Waals surface area (Å²) in [7, 11) is 1.73. The smallest absolute Gasteiger partial charge is 0.239 e. The second-order valence-electron chi connectivity index (χ2n) is 4.43. The summed E-state index contributed by atoms with van der Waals surface area (Å²) in [6, 6.07) is 0.0700. The zero-order chi connectivity index (χ0) is 10.7. The highest BCUT2D eigenvalue weighted by atomic mass is 16.5. The van der Waals surface area contributed by atoms with Crippen molar-refractivity contribution < 1.29 is 9.53 Å². The number of hydrogen-bond donors (Lipinski definition) is 1. The molecule has 86 valence electrons. The van der Waals surface area contributed by atoms with Gasteiger partial charge in [0.2, 0.25) is 5.91 Å². The molecule has 2 fully saturated rings. The lowest BCUT2D eigenvalue weighted by Gasteiger charge is -2.33. The van der Waals surface area contributed by atoms with Crippen LogP contribution in [0, 0.1) is 0 Å². The van der Waals surface area contributed by atoms with Crippen LogP contribution in [0.3, 0.4) is 0 Å². The number of carbonyl (C=O) groups is 1. The summed E-state index contributed by atoms with van der Waals surface area (Å²) in [5.74, 6) is 0.272. The van der Waals surface area contributed by atoms with Gasteiger partial charge in [-0.05, 0) is 32.2 Å². The SMILES string of the molecule is CO[C@H]1CCCN(C(=O)[C@@H]2CCCN2)C1.